The number of aromatic nitrogens is 3. The molecule has 2 aromatic heterocycles. The summed E-state index contributed by atoms with van der Waals surface area (Å²) in [5.74, 6) is 0.967. The van der Waals surface area contributed by atoms with E-state index in [0.29, 0.717) is 17.2 Å². The number of nitrogens with zero attached hydrogens (tertiary/aromatic N) is 4. The zero-order valence-corrected chi connectivity index (χ0v) is 9.10. The number of rotatable bonds is 1. The van der Waals surface area contributed by atoms with Gasteiger partial charge in [0.2, 0.25) is 0 Å². The molecule has 80 valence electrons. The molecule has 0 fully saturated rings. The van der Waals surface area contributed by atoms with Crippen LogP contribution in [0.25, 0.3) is 5.82 Å². The minimum Gasteiger partial charge on any atom is -0.382 e. The summed E-state index contributed by atoms with van der Waals surface area (Å²) in [4.78, 5) is 4.29. The molecule has 0 spiro atoms. The quantitative estimate of drug-likeness (QED) is 0.775. The number of nitrogens with two attached hydrogens (primary N) is 1. The maximum atomic E-state index is 8.98. The summed E-state index contributed by atoms with van der Waals surface area (Å²) in [6.07, 6.45) is 1.76. The van der Waals surface area contributed by atoms with Crippen LogP contribution in [0.2, 0.25) is 0 Å². The van der Waals surface area contributed by atoms with Gasteiger partial charge in [0.15, 0.2) is 5.82 Å². The molecule has 0 aliphatic heterocycles. The third kappa shape index (κ3) is 1.61. The Bertz CT molecular complexity index is 557. The summed E-state index contributed by atoms with van der Waals surface area (Å²) >= 11 is 0. The van der Waals surface area contributed by atoms with Gasteiger partial charge >= 0.3 is 0 Å². The van der Waals surface area contributed by atoms with E-state index in [0.717, 1.165) is 11.3 Å². The highest BCUT2D eigenvalue weighted by molar-refractivity contribution is 5.46. The van der Waals surface area contributed by atoms with Gasteiger partial charge < -0.3 is 5.73 Å². The third-order valence-corrected chi connectivity index (χ3v) is 2.29. The molecular formula is C11H11N5. The topological polar surface area (TPSA) is 80.5 Å². The molecule has 0 saturated carbocycles. The molecule has 0 atom stereocenters. The Labute approximate surface area is 93.1 Å². The van der Waals surface area contributed by atoms with Crippen LogP contribution in [-0.2, 0) is 0 Å². The lowest BCUT2D eigenvalue weighted by atomic mass is 10.2. The fourth-order valence-corrected chi connectivity index (χ4v) is 1.39. The van der Waals surface area contributed by atoms with E-state index < -0.39 is 0 Å². The van der Waals surface area contributed by atoms with Crippen molar-refractivity contribution in [3.8, 4) is 11.9 Å². The van der Waals surface area contributed by atoms with Gasteiger partial charge in [-0.05, 0) is 26.0 Å². The van der Waals surface area contributed by atoms with Gasteiger partial charge in [0, 0.05) is 17.5 Å². The molecule has 2 rings (SSSR count). The number of nitrogen functional groups attached to an aromatic ring is 1. The second kappa shape index (κ2) is 3.66. The average Bonchev–Trinajstić information content (AvgIpc) is 2.59. The zero-order valence-electron chi connectivity index (χ0n) is 9.10. The van der Waals surface area contributed by atoms with Crippen LogP contribution in [0.3, 0.4) is 0 Å². The first-order valence-corrected chi connectivity index (χ1v) is 4.81. The molecule has 0 unspecified atom stereocenters. The summed E-state index contributed by atoms with van der Waals surface area (Å²) in [5.41, 5.74) is 7.85. The first-order chi connectivity index (χ1) is 7.61. The van der Waals surface area contributed by atoms with Crippen LogP contribution < -0.4 is 5.73 Å². The van der Waals surface area contributed by atoms with Crippen LogP contribution in [0, 0.1) is 25.2 Å². The van der Waals surface area contributed by atoms with Crippen molar-refractivity contribution in [1.82, 2.24) is 14.8 Å². The summed E-state index contributed by atoms with van der Waals surface area (Å²) in [6.45, 7) is 3.73. The highest BCUT2D eigenvalue weighted by Gasteiger charge is 2.09. The molecule has 0 bridgehead atoms. The molecule has 0 aromatic carbocycles. The van der Waals surface area contributed by atoms with Gasteiger partial charge in [0.25, 0.3) is 0 Å². The summed E-state index contributed by atoms with van der Waals surface area (Å²) in [5, 5.41) is 13.1. The monoisotopic (exact) mass is 213 g/mol. The van der Waals surface area contributed by atoms with Gasteiger partial charge in [-0.1, -0.05) is 0 Å². The molecule has 2 aromatic rings. The van der Waals surface area contributed by atoms with Gasteiger partial charge in [-0.25, -0.2) is 9.67 Å². The fraction of sp³-hybridized carbons (Fsp3) is 0.182. The second-order valence-electron chi connectivity index (χ2n) is 3.58. The lowest BCUT2D eigenvalue weighted by molar-refractivity contribution is 0.841. The average molecular weight is 213 g/mol. The van der Waals surface area contributed by atoms with E-state index in [4.69, 9.17) is 11.0 Å². The van der Waals surface area contributed by atoms with E-state index in [-0.39, 0.29) is 0 Å². The molecule has 2 heterocycles. The first-order valence-electron chi connectivity index (χ1n) is 4.81. The molecule has 2 N–H and O–H groups in total. The number of pyridine rings is 1. The molecule has 0 amide bonds. The fourth-order valence-electron chi connectivity index (χ4n) is 1.39. The van der Waals surface area contributed by atoms with Crippen molar-refractivity contribution < 1.29 is 0 Å². The lowest BCUT2D eigenvalue weighted by Crippen LogP contribution is -2.03. The molecule has 0 aliphatic carbocycles. The summed E-state index contributed by atoms with van der Waals surface area (Å²) in [6, 6.07) is 5.61. The molecule has 5 nitrogen and oxygen atoms in total. The first kappa shape index (κ1) is 10.2. The molecule has 0 saturated heterocycles. The Balaban J connectivity index is 2.63. The molecular weight excluding hydrogens is 202 g/mol. The lowest BCUT2D eigenvalue weighted by Gasteiger charge is -2.03. The van der Waals surface area contributed by atoms with Crippen LogP contribution in [0.4, 0.5) is 5.82 Å². The Morgan fingerprint density at radius 1 is 1.38 bits per heavy atom. The normalized spacial score (nSPS) is 10.1. The Hall–Kier alpha value is -2.35. The van der Waals surface area contributed by atoms with Gasteiger partial charge in [-0.15, -0.1) is 5.10 Å². The van der Waals surface area contributed by atoms with Crippen LogP contribution in [0.15, 0.2) is 18.3 Å². The predicted octanol–water partition coefficient (Wildman–Crippen LogP) is 1.34. The van der Waals surface area contributed by atoms with Crippen molar-refractivity contribution in [2.45, 2.75) is 13.8 Å². The van der Waals surface area contributed by atoms with Crippen LogP contribution in [0.1, 0.15) is 16.8 Å². The van der Waals surface area contributed by atoms with E-state index in [1.165, 1.54) is 4.68 Å². The summed E-state index contributed by atoms with van der Waals surface area (Å²) < 4.78 is 1.54. The van der Waals surface area contributed by atoms with Crippen LogP contribution >= 0.6 is 0 Å². The third-order valence-electron chi connectivity index (χ3n) is 2.29. The van der Waals surface area contributed by atoms with Crippen LogP contribution in [0.5, 0.6) is 0 Å². The van der Waals surface area contributed by atoms with E-state index in [1.54, 1.807) is 18.3 Å². The van der Waals surface area contributed by atoms with Crippen molar-refractivity contribution in [3.63, 3.8) is 0 Å². The van der Waals surface area contributed by atoms with E-state index in [1.807, 2.05) is 13.8 Å². The van der Waals surface area contributed by atoms with Gasteiger partial charge in [0.1, 0.15) is 11.9 Å². The van der Waals surface area contributed by atoms with Crippen molar-refractivity contribution in [2.75, 3.05) is 5.73 Å². The van der Waals surface area contributed by atoms with E-state index in [2.05, 4.69) is 16.2 Å². The second-order valence-corrected chi connectivity index (χ2v) is 3.58. The standard InChI is InChI=1S/C11H11N5/c1-7-6-16(15-10(7)13)11-9(5-12)4-3-8(2)14-11/h3-4,6H,1-2H3,(H2,13,15). The number of hydrogen-bond donors (Lipinski definition) is 1. The van der Waals surface area contributed by atoms with Crippen molar-refractivity contribution in [3.05, 3.63) is 35.2 Å². The number of nitriles is 1. The van der Waals surface area contributed by atoms with Crippen LogP contribution in [-0.4, -0.2) is 14.8 Å². The maximum Gasteiger partial charge on any atom is 0.171 e. The van der Waals surface area contributed by atoms with E-state index >= 15 is 0 Å². The van der Waals surface area contributed by atoms with Crippen molar-refractivity contribution >= 4 is 5.82 Å². The van der Waals surface area contributed by atoms with Crippen molar-refractivity contribution in [2.24, 2.45) is 0 Å². The smallest absolute Gasteiger partial charge is 0.171 e. The molecule has 0 radical (unpaired) electrons. The number of anilines is 1. The highest BCUT2D eigenvalue weighted by atomic mass is 15.3. The Morgan fingerprint density at radius 3 is 2.69 bits per heavy atom. The Kier molecular flexibility index (Phi) is 2.33. The number of hydrogen-bond acceptors (Lipinski definition) is 4. The number of aryl methyl sites for hydroxylation is 2. The predicted molar refractivity (Wildman–Crippen MR) is 60.0 cm³/mol. The molecule has 0 aliphatic rings. The molecule has 5 heteroatoms. The van der Waals surface area contributed by atoms with Crippen molar-refractivity contribution in [1.29, 1.82) is 5.26 Å². The minimum absolute atomic E-state index is 0.451. The zero-order chi connectivity index (χ0) is 11.7. The van der Waals surface area contributed by atoms with E-state index in [9.17, 15) is 0 Å². The molecule has 16 heavy (non-hydrogen) atoms. The minimum atomic E-state index is 0.451. The largest absolute Gasteiger partial charge is 0.382 e. The Morgan fingerprint density at radius 2 is 2.12 bits per heavy atom. The summed E-state index contributed by atoms with van der Waals surface area (Å²) in [7, 11) is 0. The van der Waals surface area contributed by atoms with Gasteiger partial charge in [-0.3, -0.25) is 0 Å². The SMILES string of the molecule is Cc1ccc(C#N)c(-n2cc(C)c(N)n2)n1. The van der Waals surface area contributed by atoms with Gasteiger partial charge in [0.05, 0.1) is 5.56 Å². The van der Waals surface area contributed by atoms with Gasteiger partial charge in [-0.2, -0.15) is 5.26 Å². The maximum absolute atomic E-state index is 8.98. The highest BCUT2D eigenvalue weighted by Crippen LogP contribution is 2.15.